The monoisotopic (exact) mass is 300 g/mol. The Morgan fingerprint density at radius 1 is 1.24 bits per heavy atom. The minimum atomic E-state index is 0.798. The Morgan fingerprint density at radius 3 is 2.53 bits per heavy atom. The molecule has 0 spiro atoms. The largest absolute Gasteiger partial charge is 0.384 e. The molecule has 0 radical (unpaired) electrons. The zero-order chi connectivity index (χ0) is 12.5. The van der Waals surface area contributed by atoms with Crippen LogP contribution < -0.4 is 5.32 Å². The number of halogens is 1. The normalized spacial score (nSPS) is 10.8. The van der Waals surface area contributed by atoms with E-state index in [1.807, 2.05) is 12.1 Å². The number of rotatable bonds is 8. The van der Waals surface area contributed by atoms with Crippen molar-refractivity contribution in [3.63, 3.8) is 0 Å². The molecule has 1 aromatic rings. The molecule has 1 N–H and O–H groups in total. The molecular formula is C13H21BrN2O. The fraction of sp³-hybridized carbons (Fsp3) is 0.538. The third-order valence-electron chi connectivity index (χ3n) is 2.66. The van der Waals surface area contributed by atoms with E-state index in [0.717, 1.165) is 42.9 Å². The van der Waals surface area contributed by atoms with Crippen molar-refractivity contribution in [1.29, 1.82) is 0 Å². The van der Waals surface area contributed by atoms with E-state index in [4.69, 9.17) is 4.74 Å². The molecule has 0 aliphatic rings. The van der Waals surface area contributed by atoms with Crippen LogP contribution in [0.15, 0.2) is 28.7 Å². The van der Waals surface area contributed by atoms with Gasteiger partial charge < -0.3 is 10.1 Å². The average Bonchev–Trinajstić information content (AvgIpc) is 2.36. The summed E-state index contributed by atoms with van der Waals surface area (Å²) in [6, 6.07) is 8.25. The molecule has 0 aliphatic heterocycles. The molecule has 0 heterocycles. The molecule has 4 heteroatoms. The van der Waals surface area contributed by atoms with Crippen LogP contribution in [0.25, 0.3) is 0 Å². The first kappa shape index (κ1) is 14.5. The van der Waals surface area contributed by atoms with Crippen molar-refractivity contribution < 1.29 is 4.74 Å². The Hall–Kier alpha value is -0.580. The molecule has 0 saturated carbocycles. The van der Waals surface area contributed by atoms with Crippen molar-refractivity contribution in [2.75, 3.05) is 45.2 Å². The standard InChI is InChI=1S/C13H21BrN2O/c1-3-16(10-11-17-2)9-8-15-13-6-4-12(14)5-7-13/h4-7,15H,3,8-11H2,1-2H3. The number of anilines is 1. The van der Waals surface area contributed by atoms with Crippen LogP contribution in [0, 0.1) is 0 Å². The van der Waals surface area contributed by atoms with Gasteiger partial charge in [0.2, 0.25) is 0 Å². The lowest BCUT2D eigenvalue weighted by atomic mass is 10.3. The van der Waals surface area contributed by atoms with Crippen LogP contribution in [0.3, 0.4) is 0 Å². The van der Waals surface area contributed by atoms with E-state index in [9.17, 15) is 0 Å². The van der Waals surface area contributed by atoms with Crippen LogP contribution in [0.1, 0.15) is 6.92 Å². The summed E-state index contributed by atoms with van der Waals surface area (Å²) in [6.45, 7) is 7.02. The van der Waals surface area contributed by atoms with E-state index in [-0.39, 0.29) is 0 Å². The summed E-state index contributed by atoms with van der Waals surface area (Å²) in [5, 5.41) is 3.41. The minimum Gasteiger partial charge on any atom is -0.384 e. The molecule has 0 unspecified atom stereocenters. The zero-order valence-electron chi connectivity index (χ0n) is 10.6. The van der Waals surface area contributed by atoms with Gasteiger partial charge in [-0.05, 0) is 30.8 Å². The zero-order valence-corrected chi connectivity index (χ0v) is 12.2. The molecule has 96 valence electrons. The predicted octanol–water partition coefficient (Wildman–Crippen LogP) is 2.83. The number of nitrogens with zero attached hydrogens (tertiary/aromatic N) is 1. The smallest absolute Gasteiger partial charge is 0.0589 e. The van der Waals surface area contributed by atoms with Gasteiger partial charge in [-0.2, -0.15) is 0 Å². The van der Waals surface area contributed by atoms with E-state index in [0.29, 0.717) is 0 Å². The minimum absolute atomic E-state index is 0.798. The highest BCUT2D eigenvalue weighted by Crippen LogP contribution is 2.13. The van der Waals surface area contributed by atoms with Crippen molar-refractivity contribution in [3.05, 3.63) is 28.7 Å². The summed E-state index contributed by atoms with van der Waals surface area (Å²) in [4.78, 5) is 2.37. The molecule has 0 fully saturated rings. The van der Waals surface area contributed by atoms with Gasteiger partial charge in [0.05, 0.1) is 6.61 Å². The van der Waals surface area contributed by atoms with Crippen LogP contribution >= 0.6 is 15.9 Å². The van der Waals surface area contributed by atoms with Crippen molar-refractivity contribution in [1.82, 2.24) is 4.90 Å². The van der Waals surface area contributed by atoms with Crippen LogP contribution in [0.4, 0.5) is 5.69 Å². The van der Waals surface area contributed by atoms with Gasteiger partial charge in [-0.15, -0.1) is 0 Å². The molecule has 0 atom stereocenters. The molecule has 0 amide bonds. The number of hydrogen-bond donors (Lipinski definition) is 1. The Labute approximate surface area is 112 Å². The Bertz CT molecular complexity index is 303. The molecule has 3 nitrogen and oxygen atoms in total. The lowest BCUT2D eigenvalue weighted by Gasteiger charge is -2.20. The molecular weight excluding hydrogens is 280 g/mol. The summed E-state index contributed by atoms with van der Waals surface area (Å²) in [6.07, 6.45) is 0. The predicted molar refractivity (Wildman–Crippen MR) is 76.6 cm³/mol. The third kappa shape index (κ3) is 6.05. The van der Waals surface area contributed by atoms with Crippen molar-refractivity contribution in [2.45, 2.75) is 6.92 Å². The van der Waals surface area contributed by atoms with Gasteiger partial charge in [0.25, 0.3) is 0 Å². The van der Waals surface area contributed by atoms with Crippen LogP contribution in [0.5, 0.6) is 0 Å². The number of nitrogens with one attached hydrogen (secondary N) is 1. The first-order chi connectivity index (χ1) is 8.26. The van der Waals surface area contributed by atoms with Gasteiger partial charge in [0, 0.05) is 36.9 Å². The number of ether oxygens (including phenoxy) is 1. The van der Waals surface area contributed by atoms with E-state index < -0.39 is 0 Å². The SMILES string of the molecule is CCN(CCNc1ccc(Br)cc1)CCOC. The van der Waals surface area contributed by atoms with Gasteiger partial charge in [0.1, 0.15) is 0 Å². The van der Waals surface area contributed by atoms with Crippen LogP contribution in [-0.4, -0.2) is 44.8 Å². The van der Waals surface area contributed by atoms with E-state index in [2.05, 4.69) is 45.2 Å². The first-order valence-electron chi connectivity index (χ1n) is 5.97. The Kier molecular flexibility index (Phi) is 7.24. The van der Waals surface area contributed by atoms with Gasteiger partial charge in [-0.3, -0.25) is 4.90 Å². The molecule has 0 aromatic heterocycles. The first-order valence-corrected chi connectivity index (χ1v) is 6.76. The second kappa shape index (κ2) is 8.50. The Morgan fingerprint density at radius 2 is 1.94 bits per heavy atom. The quantitative estimate of drug-likeness (QED) is 0.799. The van der Waals surface area contributed by atoms with E-state index in [1.54, 1.807) is 7.11 Å². The second-order valence-electron chi connectivity index (χ2n) is 3.86. The lowest BCUT2D eigenvalue weighted by Crippen LogP contribution is -2.31. The van der Waals surface area contributed by atoms with Gasteiger partial charge >= 0.3 is 0 Å². The van der Waals surface area contributed by atoms with Gasteiger partial charge in [0.15, 0.2) is 0 Å². The fourth-order valence-corrected chi connectivity index (χ4v) is 1.84. The number of benzene rings is 1. The summed E-state index contributed by atoms with van der Waals surface area (Å²) < 4.78 is 6.19. The maximum absolute atomic E-state index is 5.08. The van der Waals surface area contributed by atoms with E-state index in [1.165, 1.54) is 0 Å². The second-order valence-corrected chi connectivity index (χ2v) is 4.78. The lowest BCUT2D eigenvalue weighted by molar-refractivity contribution is 0.153. The maximum Gasteiger partial charge on any atom is 0.0589 e. The van der Waals surface area contributed by atoms with Crippen LogP contribution in [-0.2, 0) is 4.74 Å². The summed E-state index contributed by atoms with van der Waals surface area (Å²) in [5.74, 6) is 0. The molecule has 0 bridgehead atoms. The van der Waals surface area contributed by atoms with Gasteiger partial charge in [-0.25, -0.2) is 0 Å². The number of methoxy groups -OCH3 is 1. The van der Waals surface area contributed by atoms with Gasteiger partial charge in [-0.1, -0.05) is 22.9 Å². The number of likely N-dealkylation sites (N-methyl/N-ethyl adjacent to an activating group) is 1. The molecule has 1 rings (SSSR count). The highest BCUT2D eigenvalue weighted by molar-refractivity contribution is 9.10. The average molecular weight is 301 g/mol. The van der Waals surface area contributed by atoms with Crippen molar-refractivity contribution in [2.24, 2.45) is 0 Å². The maximum atomic E-state index is 5.08. The van der Waals surface area contributed by atoms with Crippen molar-refractivity contribution in [3.8, 4) is 0 Å². The van der Waals surface area contributed by atoms with E-state index >= 15 is 0 Å². The fourth-order valence-electron chi connectivity index (χ4n) is 1.57. The topological polar surface area (TPSA) is 24.5 Å². The number of hydrogen-bond acceptors (Lipinski definition) is 3. The third-order valence-corrected chi connectivity index (χ3v) is 3.19. The summed E-state index contributed by atoms with van der Waals surface area (Å²) in [7, 11) is 1.74. The summed E-state index contributed by atoms with van der Waals surface area (Å²) >= 11 is 3.43. The molecule has 17 heavy (non-hydrogen) atoms. The molecule has 0 aliphatic carbocycles. The van der Waals surface area contributed by atoms with Crippen LogP contribution in [0.2, 0.25) is 0 Å². The Balaban J connectivity index is 2.23. The summed E-state index contributed by atoms with van der Waals surface area (Å²) in [5.41, 5.74) is 1.16. The highest BCUT2D eigenvalue weighted by Gasteiger charge is 2.01. The molecule has 1 aromatic carbocycles. The van der Waals surface area contributed by atoms with Crippen molar-refractivity contribution >= 4 is 21.6 Å². The molecule has 0 saturated heterocycles. The highest BCUT2D eigenvalue weighted by atomic mass is 79.9.